The summed E-state index contributed by atoms with van der Waals surface area (Å²) in [5.41, 5.74) is 2.24. The first-order valence-corrected chi connectivity index (χ1v) is 6.07. The molecule has 1 unspecified atom stereocenters. The fourth-order valence-electron chi connectivity index (χ4n) is 1.98. The number of aryl methyl sites for hydroxylation is 3. The Hall–Kier alpha value is -1.76. The summed E-state index contributed by atoms with van der Waals surface area (Å²) in [5.74, 6) is 0.732. The van der Waals surface area contributed by atoms with Crippen LogP contribution >= 0.6 is 0 Å². The Kier molecular flexibility index (Phi) is 3.71. The minimum atomic E-state index is 0.145. The maximum atomic E-state index is 4.46. The van der Waals surface area contributed by atoms with Crippen LogP contribution in [0.15, 0.2) is 6.07 Å². The van der Waals surface area contributed by atoms with E-state index in [-0.39, 0.29) is 6.04 Å². The van der Waals surface area contributed by atoms with Crippen molar-refractivity contribution in [3.8, 4) is 0 Å². The van der Waals surface area contributed by atoms with Crippen LogP contribution in [0.2, 0.25) is 0 Å². The highest BCUT2D eigenvalue weighted by Crippen LogP contribution is 2.17. The molecule has 0 aliphatic carbocycles. The van der Waals surface area contributed by atoms with Gasteiger partial charge in [-0.1, -0.05) is 6.92 Å². The molecule has 0 bridgehead atoms. The lowest BCUT2D eigenvalue weighted by atomic mass is 10.1. The summed E-state index contributed by atoms with van der Waals surface area (Å²) >= 11 is 0. The van der Waals surface area contributed by atoms with Gasteiger partial charge in [0.15, 0.2) is 5.82 Å². The zero-order chi connectivity index (χ0) is 13.1. The average molecular weight is 249 g/mol. The van der Waals surface area contributed by atoms with E-state index in [4.69, 9.17) is 0 Å². The summed E-state index contributed by atoms with van der Waals surface area (Å²) in [6, 6.07) is 2.27. The molecule has 0 aliphatic rings. The number of likely N-dealkylation sites (N-methyl/N-ethyl adjacent to an activating group) is 1. The summed E-state index contributed by atoms with van der Waals surface area (Å²) < 4.78 is 1.91. The molecule has 0 aliphatic heterocycles. The predicted molar refractivity (Wildman–Crippen MR) is 66.9 cm³/mol. The third-order valence-corrected chi connectivity index (χ3v) is 2.97. The third kappa shape index (κ3) is 2.56. The van der Waals surface area contributed by atoms with Gasteiger partial charge in [-0.15, -0.1) is 10.2 Å². The number of hydrogen-bond donors (Lipinski definition) is 1. The van der Waals surface area contributed by atoms with Gasteiger partial charge in [-0.2, -0.15) is 9.90 Å². The second-order valence-corrected chi connectivity index (χ2v) is 4.28. The van der Waals surface area contributed by atoms with Crippen molar-refractivity contribution in [3.05, 3.63) is 23.3 Å². The average Bonchev–Trinajstić information content (AvgIpc) is 2.92. The van der Waals surface area contributed by atoms with Gasteiger partial charge in [0.25, 0.3) is 0 Å². The smallest absolute Gasteiger partial charge is 0.176 e. The highest BCUT2D eigenvalue weighted by atomic mass is 15.6. The van der Waals surface area contributed by atoms with E-state index in [1.165, 1.54) is 4.80 Å². The van der Waals surface area contributed by atoms with E-state index in [1.54, 1.807) is 7.05 Å². The van der Waals surface area contributed by atoms with E-state index < -0.39 is 0 Å². The van der Waals surface area contributed by atoms with E-state index in [0.717, 1.165) is 23.6 Å². The molecule has 1 N–H and O–H groups in total. The minimum absolute atomic E-state index is 0.145. The molecule has 2 rings (SSSR count). The van der Waals surface area contributed by atoms with Crippen molar-refractivity contribution in [2.75, 3.05) is 7.05 Å². The largest absolute Gasteiger partial charge is 0.311 e. The monoisotopic (exact) mass is 249 g/mol. The molecule has 0 spiro atoms. The van der Waals surface area contributed by atoms with Gasteiger partial charge >= 0.3 is 0 Å². The summed E-state index contributed by atoms with van der Waals surface area (Å²) in [4.78, 5) is 1.47. The molecule has 2 aromatic rings. The SMILES string of the molecule is CCc1cc(C(Cc2nnn(C)n2)NC)n(C)n1. The summed E-state index contributed by atoms with van der Waals surface area (Å²) in [5, 5.41) is 19.8. The first kappa shape index (κ1) is 12.7. The van der Waals surface area contributed by atoms with Gasteiger partial charge in [0.2, 0.25) is 0 Å². The van der Waals surface area contributed by atoms with Crippen molar-refractivity contribution in [2.24, 2.45) is 14.1 Å². The maximum Gasteiger partial charge on any atom is 0.176 e. The molecule has 1 atom stereocenters. The zero-order valence-corrected chi connectivity index (χ0v) is 11.3. The standard InChI is InChI=1S/C11H19N7/c1-5-8-6-10(17(3)14-8)9(12-2)7-11-13-16-18(4)15-11/h6,9,12H,5,7H2,1-4H3. The second-order valence-electron chi connectivity index (χ2n) is 4.28. The Morgan fingerprint density at radius 1 is 1.33 bits per heavy atom. The van der Waals surface area contributed by atoms with E-state index >= 15 is 0 Å². The zero-order valence-electron chi connectivity index (χ0n) is 11.3. The first-order valence-electron chi connectivity index (χ1n) is 6.07. The van der Waals surface area contributed by atoms with Crippen LogP contribution in [0.4, 0.5) is 0 Å². The molecule has 7 heteroatoms. The fourth-order valence-corrected chi connectivity index (χ4v) is 1.98. The highest BCUT2D eigenvalue weighted by Gasteiger charge is 2.17. The molecule has 0 saturated heterocycles. The van der Waals surface area contributed by atoms with E-state index in [2.05, 4.69) is 38.8 Å². The van der Waals surface area contributed by atoms with Crippen LogP contribution in [0.1, 0.15) is 30.2 Å². The lowest BCUT2D eigenvalue weighted by Gasteiger charge is -2.14. The van der Waals surface area contributed by atoms with Crippen LogP contribution in [-0.4, -0.2) is 37.0 Å². The third-order valence-electron chi connectivity index (χ3n) is 2.97. The van der Waals surface area contributed by atoms with Crippen molar-refractivity contribution in [1.29, 1.82) is 0 Å². The summed E-state index contributed by atoms with van der Waals surface area (Å²) in [6.07, 6.45) is 1.64. The van der Waals surface area contributed by atoms with E-state index in [0.29, 0.717) is 6.42 Å². The van der Waals surface area contributed by atoms with Gasteiger partial charge in [-0.25, -0.2) is 0 Å². The van der Waals surface area contributed by atoms with Crippen molar-refractivity contribution < 1.29 is 0 Å². The van der Waals surface area contributed by atoms with Gasteiger partial charge in [0.1, 0.15) is 0 Å². The predicted octanol–water partition coefficient (Wildman–Crippen LogP) is 0.00920. The van der Waals surface area contributed by atoms with Crippen molar-refractivity contribution in [1.82, 2.24) is 35.3 Å². The molecule has 0 saturated carbocycles. The lowest BCUT2D eigenvalue weighted by Crippen LogP contribution is -2.22. The normalized spacial score (nSPS) is 12.9. The number of aromatic nitrogens is 6. The molecule has 0 radical (unpaired) electrons. The van der Waals surface area contributed by atoms with Crippen LogP contribution < -0.4 is 5.32 Å². The Morgan fingerprint density at radius 3 is 2.61 bits per heavy atom. The molecule has 2 heterocycles. The molecule has 0 fully saturated rings. The topological polar surface area (TPSA) is 73.5 Å². The van der Waals surface area contributed by atoms with Crippen LogP contribution in [-0.2, 0) is 26.9 Å². The first-order chi connectivity index (χ1) is 8.63. The molecule has 18 heavy (non-hydrogen) atoms. The van der Waals surface area contributed by atoms with Crippen molar-refractivity contribution in [2.45, 2.75) is 25.8 Å². The van der Waals surface area contributed by atoms with Gasteiger partial charge in [-0.05, 0) is 24.7 Å². The summed E-state index contributed by atoms with van der Waals surface area (Å²) in [7, 11) is 5.66. The second kappa shape index (κ2) is 5.26. The highest BCUT2D eigenvalue weighted by molar-refractivity contribution is 5.15. The van der Waals surface area contributed by atoms with Crippen molar-refractivity contribution >= 4 is 0 Å². The minimum Gasteiger partial charge on any atom is -0.311 e. The Morgan fingerprint density at radius 2 is 2.11 bits per heavy atom. The Bertz CT molecular complexity index is 513. The van der Waals surface area contributed by atoms with Crippen LogP contribution in [0, 0.1) is 0 Å². The fraction of sp³-hybridized carbons (Fsp3) is 0.636. The molecule has 98 valence electrons. The molecular formula is C11H19N7. The van der Waals surface area contributed by atoms with Gasteiger partial charge in [0, 0.05) is 13.5 Å². The van der Waals surface area contributed by atoms with E-state index in [9.17, 15) is 0 Å². The summed E-state index contributed by atoms with van der Waals surface area (Å²) in [6.45, 7) is 2.10. The van der Waals surface area contributed by atoms with Gasteiger partial charge in [0.05, 0.1) is 24.5 Å². The number of nitrogens with zero attached hydrogens (tertiary/aromatic N) is 6. The number of tetrazole rings is 1. The quantitative estimate of drug-likeness (QED) is 0.808. The number of nitrogens with one attached hydrogen (secondary N) is 1. The molecular weight excluding hydrogens is 230 g/mol. The maximum absolute atomic E-state index is 4.46. The number of hydrogen-bond acceptors (Lipinski definition) is 5. The van der Waals surface area contributed by atoms with Crippen LogP contribution in [0.3, 0.4) is 0 Å². The number of rotatable bonds is 5. The van der Waals surface area contributed by atoms with Crippen molar-refractivity contribution in [3.63, 3.8) is 0 Å². The Labute approximate surface area is 106 Å². The molecule has 0 aromatic carbocycles. The lowest BCUT2D eigenvalue weighted by molar-refractivity contribution is 0.524. The molecule has 2 aromatic heterocycles. The van der Waals surface area contributed by atoms with E-state index in [1.807, 2.05) is 18.8 Å². The van der Waals surface area contributed by atoms with Gasteiger partial charge < -0.3 is 5.32 Å². The van der Waals surface area contributed by atoms with Gasteiger partial charge in [-0.3, -0.25) is 4.68 Å². The molecule has 0 amide bonds. The van der Waals surface area contributed by atoms with Crippen LogP contribution in [0.25, 0.3) is 0 Å². The Balaban J connectivity index is 2.19. The molecule has 7 nitrogen and oxygen atoms in total. The van der Waals surface area contributed by atoms with Crippen LogP contribution in [0.5, 0.6) is 0 Å².